The summed E-state index contributed by atoms with van der Waals surface area (Å²) in [6.07, 6.45) is 3.25. The molecule has 80 valence electrons. The lowest BCUT2D eigenvalue weighted by molar-refractivity contribution is 0.345. The molecule has 3 N–H and O–H groups in total. The summed E-state index contributed by atoms with van der Waals surface area (Å²) < 4.78 is 0. The topological polar surface area (TPSA) is 44.3 Å². The number of anilines is 1. The third-order valence-electron chi connectivity index (χ3n) is 3.63. The van der Waals surface area contributed by atoms with Crippen molar-refractivity contribution in [3.63, 3.8) is 0 Å². The van der Waals surface area contributed by atoms with Crippen LogP contribution in [0.15, 0.2) is 18.2 Å². The third-order valence-corrected chi connectivity index (χ3v) is 3.63. The quantitative estimate of drug-likeness (QED) is 0.600. The first-order valence-electron chi connectivity index (χ1n) is 5.59. The first kappa shape index (κ1) is 9.04. The van der Waals surface area contributed by atoms with Gasteiger partial charge in [0, 0.05) is 23.2 Å². The van der Waals surface area contributed by atoms with Crippen molar-refractivity contribution in [2.75, 3.05) is 18.4 Å². The maximum Gasteiger partial charge on any atom is 0.120 e. The van der Waals surface area contributed by atoms with E-state index in [1.54, 1.807) is 6.07 Å². The molecule has 0 radical (unpaired) electrons. The zero-order valence-corrected chi connectivity index (χ0v) is 8.71. The van der Waals surface area contributed by atoms with Crippen LogP contribution in [0.2, 0.25) is 0 Å². The van der Waals surface area contributed by atoms with Crippen molar-refractivity contribution in [1.82, 2.24) is 5.32 Å². The Labute approximate surface area is 89.5 Å². The first-order chi connectivity index (χ1) is 7.29. The molecule has 1 spiro atoms. The number of piperidine rings is 1. The lowest BCUT2D eigenvalue weighted by atomic mass is 9.85. The van der Waals surface area contributed by atoms with Gasteiger partial charge in [-0.15, -0.1) is 0 Å². The maximum absolute atomic E-state index is 9.79. The highest BCUT2D eigenvalue weighted by Crippen LogP contribution is 2.41. The predicted octanol–water partition coefficient (Wildman–Crippen LogP) is 1.48. The molecular weight excluding hydrogens is 188 g/mol. The summed E-state index contributed by atoms with van der Waals surface area (Å²) in [6.45, 7) is 2.14. The van der Waals surface area contributed by atoms with Gasteiger partial charge in [0.1, 0.15) is 5.75 Å². The molecule has 1 aromatic carbocycles. The van der Waals surface area contributed by atoms with Gasteiger partial charge in [0.25, 0.3) is 0 Å². The number of phenols is 1. The van der Waals surface area contributed by atoms with Gasteiger partial charge in [-0.05, 0) is 38.1 Å². The first-order valence-corrected chi connectivity index (χ1v) is 5.59. The SMILES string of the molecule is Oc1cccc2c1CC1(CCNCC1)N2. The summed E-state index contributed by atoms with van der Waals surface area (Å²) in [5.41, 5.74) is 2.42. The van der Waals surface area contributed by atoms with Crippen LogP contribution in [0.4, 0.5) is 5.69 Å². The second-order valence-corrected chi connectivity index (χ2v) is 4.64. The molecule has 1 fully saturated rings. The lowest BCUT2D eigenvalue weighted by Crippen LogP contribution is -2.46. The monoisotopic (exact) mass is 204 g/mol. The Hall–Kier alpha value is -1.22. The van der Waals surface area contributed by atoms with Gasteiger partial charge in [0.15, 0.2) is 0 Å². The van der Waals surface area contributed by atoms with Crippen molar-refractivity contribution < 1.29 is 5.11 Å². The molecule has 15 heavy (non-hydrogen) atoms. The third kappa shape index (κ3) is 1.38. The summed E-state index contributed by atoms with van der Waals surface area (Å²) in [5.74, 6) is 0.440. The molecule has 0 amide bonds. The fourth-order valence-corrected chi connectivity index (χ4v) is 2.75. The van der Waals surface area contributed by atoms with E-state index in [-0.39, 0.29) is 5.54 Å². The van der Waals surface area contributed by atoms with E-state index in [0.717, 1.165) is 43.6 Å². The van der Waals surface area contributed by atoms with E-state index in [2.05, 4.69) is 16.7 Å². The number of hydrogen-bond acceptors (Lipinski definition) is 3. The van der Waals surface area contributed by atoms with Gasteiger partial charge in [-0.3, -0.25) is 0 Å². The lowest BCUT2D eigenvalue weighted by Gasteiger charge is -2.34. The Balaban J connectivity index is 1.94. The summed E-state index contributed by atoms with van der Waals surface area (Å²) >= 11 is 0. The smallest absolute Gasteiger partial charge is 0.120 e. The Morgan fingerprint density at radius 2 is 2.00 bits per heavy atom. The zero-order valence-electron chi connectivity index (χ0n) is 8.71. The summed E-state index contributed by atoms with van der Waals surface area (Å²) in [5, 5.41) is 16.8. The van der Waals surface area contributed by atoms with Gasteiger partial charge in [0.05, 0.1) is 0 Å². The predicted molar refractivity (Wildman–Crippen MR) is 60.3 cm³/mol. The highest BCUT2D eigenvalue weighted by Gasteiger charge is 2.38. The maximum atomic E-state index is 9.79. The normalized spacial score (nSPS) is 22.4. The zero-order chi connectivity index (χ0) is 10.3. The summed E-state index contributed by atoms with van der Waals surface area (Å²) in [7, 11) is 0. The molecule has 0 unspecified atom stereocenters. The molecule has 2 heterocycles. The van der Waals surface area contributed by atoms with E-state index in [1.807, 2.05) is 6.07 Å². The number of benzene rings is 1. The number of nitrogens with one attached hydrogen (secondary N) is 2. The number of rotatable bonds is 0. The summed E-state index contributed by atoms with van der Waals surface area (Å²) in [4.78, 5) is 0. The minimum absolute atomic E-state index is 0.201. The fourth-order valence-electron chi connectivity index (χ4n) is 2.75. The van der Waals surface area contributed by atoms with Crippen LogP contribution in [0.3, 0.4) is 0 Å². The van der Waals surface area contributed by atoms with Gasteiger partial charge in [-0.2, -0.15) is 0 Å². The molecule has 3 rings (SSSR count). The van der Waals surface area contributed by atoms with Gasteiger partial charge in [-0.1, -0.05) is 6.07 Å². The average Bonchev–Trinajstić information content (AvgIpc) is 2.59. The van der Waals surface area contributed by atoms with Gasteiger partial charge in [-0.25, -0.2) is 0 Å². The molecule has 1 saturated heterocycles. The van der Waals surface area contributed by atoms with Crippen molar-refractivity contribution in [3.05, 3.63) is 23.8 Å². The van der Waals surface area contributed by atoms with E-state index in [1.165, 1.54) is 0 Å². The minimum atomic E-state index is 0.201. The van der Waals surface area contributed by atoms with E-state index < -0.39 is 0 Å². The molecule has 0 aromatic heterocycles. The highest BCUT2D eigenvalue weighted by molar-refractivity contribution is 5.63. The number of fused-ring (bicyclic) bond motifs is 1. The molecule has 0 bridgehead atoms. The molecular formula is C12H16N2O. The standard InChI is InChI=1S/C12H16N2O/c15-11-3-1-2-10-9(11)8-12(14-10)4-6-13-7-5-12/h1-3,13-15H,4-8H2. The van der Waals surface area contributed by atoms with Gasteiger partial charge < -0.3 is 15.7 Å². The molecule has 2 aliphatic rings. The largest absolute Gasteiger partial charge is 0.508 e. The van der Waals surface area contributed by atoms with Crippen LogP contribution in [0.25, 0.3) is 0 Å². The van der Waals surface area contributed by atoms with Crippen LogP contribution >= 0.6 is 0 Å². The Kier molecular flexibility index (Phi) is 1.89. The fraction of sp³-hybridized carbons (Fsp3) is 0.500. The van der Waals surface area contributed by atoms with Crippen molar-refractivity contribution in [3.8, 4) is 5.75 Å². The second kappa shape index (κ2) is 3.14. The molecule has 0 saturated carbocycles. The van der Waals surface area contributed by atoms with Crippen LogP contribution in [0.1, 0.15) is 18.4 Å². The van der Waals surface area contributed by atoms with E-state index in [4.69, 9.17) is 0 Å². The number of hydrogen-bond donors (Lipinski definition) is 3. The average molecular weight is 204 g/mol. The highest BCUT2D eigenvalue weighted by atomic mass is 16.3. The Bertz CT molecular complexity index is 383. The van der Waals surface area contributed by atoms with Gasteiger partial charge >= 0.3 is 0 Å². The van der Waals surface area contributed by atoms with Crippen LogP contribution in [-0.4, -0.2) is 23.7 Å². The van der Waals surface area contributed by atoms with E-state index in [9.17, 15) is 5.11 Å². The van der Waals surface area contributed by atoms with Crippen molar-refractivity contribution in [2.24, 2.45) is 0 Å². The number of aromatic hydroxyl groups is 1. The van der Waals surface area contributed by atoms with Crippen molar-refractivity contribution in [1.29, 1.82) is 0 Å². The molecule has 1 aromatic rings. The molecule has 3 nitrogen and oxygen atoms in total. The second-order valence-electron chi connectivity index (χ2n) is 4.64. The summed E-state index contributed by atoms with van der Waals surface area (Å²) in [6, 6.07) is 5.74. The van der Waals surface area contributed by atoms with Gasteiger partial charge in [0.2, 0.25) is 0 Å². The van der Waals surface area contributed by atoms with Crippen molar-refractivity contribution in [2.45, 2.75) is 24.8 Å². The molecule has 2 aliphatic heterocycles. The molecule has 3 heteroatoms. The van der Waals surface area contributed by atoms with Crippen LogP contribution < -0.4 is 10.6 Å². The van der Waals surface area contributed by atoms with Crippen molar-refractivity contribution >= 4 is 5.69 Å². The van der Waals surface area contributed by atoms with Crippen LogP contribution in [-0.2, 0) is 6.42 Å². The minimum Gasteiger partial charge on any atom is -0.508 e. The van der Waals surface area contributed by atoms with E-state index >= 15 is 0 Å². The van der Waals surface area contributed by atoms with Crippen LogP contribution in [0, 0.1) is 0 Å². The van der Waals surface area contributed by atoms with E-state index in [0.29, 0.717) is 5.75 Å². The van der Waals surface area contributed by atoms with Crippen LogP contribution in [0.5, 0.6) is 5.75 Å². The number of phenolic OH excluding ortho intramolecular Hbond substituents is 1. The molecule has 0 aliphatic carbocycles. The Morgan fingerprint density at radius 3 is 2.73 bits per heavy atom. The Morgan fingerprint density at radius 1 is 1.20 bits per heavy atom. The molecule has 0 atom stereocenters.